The van der Waals surface area contributed by atoms with Crippen molar-refractivity contribution in [2.24, 2.45) is 5.92 Å². The molecule has 3 N–H and O–H groups in total. The van der Waals surface area contributed by atoms with E-state index in [1.165, 1.54) is 43.3 Å². The van der Waals surface area contributed by atoms with E-state index < -0.39 is 41.5 Å². The highest BCUT2D eigenvalue weighted by Crippen LogP contribution is 2.13. The number of hydrogen-bond acceptors (Lipinski definition) is 4. The van der Waals surface area contributed by atoms with Crippen LogP contribution in [0.2, 0.25) is 0 Å². The van der Waals surface area contributed by atoms with Gasteiger partial charge in [0.2, 0.25) is 0 Å². The van der Waals surface area contributed by atoms with Gasteiger partial charge in [-0.15, -0.1) is 0 Å². The monoisotopic (exact) mass is 419 g/mol. The third kappa shape index (κ3) is 6.54. The van der Waals surface area contributed by atoms with Crippen LogP contribution < -0.4 is 20.9 Å². The molecule has 9 heteroatoms. The van der Waals surface area contributed by atoms with E-state index in [2.05, 4.69) is 16.2 Å². The minimum atomic E-state index is -0.970. The molecule has 0 fully saturated rings. The van der Waals surface area contributed by atoms with E-state index in [0.29, 0.717) is 0 Å². The average molecular weight is 419 g/mol. The minimum absolute atomic E-state index is 0.195. The molecule has 0 aliphatic heterocycles. The lowest BCUT2D eigenvalue weighted by atomic mass is 10.0. The number of ether oxygens (including phenoxy) is 1. The van der Waals surface area contributed by atoms with E-state index in [1.807, 2.05) is 0 Å². The molecule has 0 aliphatic rings. The Morgan fingerprint density at radius 1 is 0.800 bits per heavy atom. The van der Waals surface area contributed by atoms with Gasteiger partial charge in [-0.05, 0) is 61.4 Å². The van der Waals surface area contributed by atoms with Crippen molar-refractivity contribution in [2.75, 3.05) is 0 Å². The van der Waals surface area contributed by atoms with Crippen molar-refractivity contribution < 1.29 is 27.9 Å². The van der Waals surface area contributed by atoms with Gasteiger partial charge in [0.15, 0.2) is 6.10 Å². The summed E-state index contributed by atoms with van der Waals surface area (Å²) < 4.78 is 31.3. The molecule has 0 spiro atoms. The predicted octanol–water partition coefficient (Wildman–Crippen LogP) is 2.33. The lowest BCUT2D eigenvalue weighted by Crippen LogP contribution is -2.55. The first-order chi connectivity index (χ1) is 14.2. The summed E-state index contributed by atoms with van der Waals surface area (Å²) in [6.45, 7) is 4.90. The predicted molar refractivity (Wildman–Crippen MR) is 105 cm³/mol. The van der Waals surface area contributed by atoms with Crippen LogP contribution >= 0.6 is 0 Å². The van der Waals surface area contributed by atoms with Gasteiger partial charge in [-0.1, -0.05) is 13.8 Å². The van der Waals surface area contributed by atoms with Gasteiger partial charge in [0.25, 0.3) is 17.7 Å². The maximum atomic E-state index is 13.0. The van der Waals surface area contributed by atoms with Crippen LogP contribution in [-0.4, -0.2) is 29.9 Å². The lowest BCUT2D eigenvalue weighted by Gasteiger charge is -2.22. The molecule has 0 bridgehead atoms. The van der Waals surface area contributed by atoms with Crippen molar-refractivity contribution in [3.8, 4) is 5.75 Å². The number of rotatable bonds is 7. The van der Waals surface area contributed by atoms with Crippen LogP contribution in [0, 0.1) is 17.6 Å². The van der Waals surface area contributed by atoms with Gasteiger partial charge >= 0.3 is 0 Å². The van der Waals surface area contributed by atoms with Crippen LogP contribution in [0.4, 0.5) is 8.78 Å². The second-order valence-electron chi connectivity index (χ2n) is 6.89. The van der Waals surface area contributed by atoms with E-state index in [1.54, 1.807) is 13.8 Å². The smallest absolute Gasteiger partial charge is 0.279 e. The van der Waals surface area contributed by atoms with Crippen molar-refractivity contribution in [3.63, 3.8) is 0 Å². The summed E-state index contributed by atoms with van der Waals surface area (Å²) in [5.74, 6) is -2.75. The maximum absolute atomic E-state index is 13.0. The first-order valence-electron chi connectivity index (χ1n) is 9.25. The normalized spacial score (nSPS) is 12.6. The van der Waals surface area contributed by atoms with Gasteiger partial charge in [-0.2, -0.15) is 0 Å². The number of carbonyl (C=O) groups is 3. The van der Waals surface area contributed by atoms with Gasteiger partial charge in [0.05, 0.1) is 0 Å². The summed E-state index contributed by atoms with van der Waals surface area (Å²) in [5.41, 5.74) is 4.68. The van der Waals surface area contributed by atoms with Gasteiger partial charge in [0, 0.05) is 5.56 Å². The molecule has 2 rings (SSSR count). The Balaban J connectivity index is 1.90. The summed E-state index contributed by atoms with van der Waals surface area (Å²) >= 11 is 0. The molecule has 3 amide bonds. The molecule has 0 aliphatic carbocycles. The van der Waals surface area contributed by atoms with Gasteiger partial charge in [0.1, 0.15) is 23.4 Å². The fourth-order valence-corrected chi connectivity index (χ4v) is 2.43. The standard InChI is InChI=1S/C21H23F2N3O4/c1-12(2)18(24-20(28)14-4-6-15(22)7-5-14)21(29)26-25-19(27)13(3)30-17-10-8-16(23)9-11-17/h4-13,18H,1-3H3,(H,24,28)(H,25,27)(H,26,29). The SMILES string of the molecule is CC(Oc1ccc(F)cc1)C(=O)NNC(=O)C(NC(=O)c1ccc(F)cc1)C(C)C. The van der Waals surface area contributed by atoms with E-state index >= 15 is 0 Å². The molecule has 30 heavy (non-hydrogen) atoms. The Bertz CT molecular complexity index is 886. The fourth-order valence-electron chi connectivity index (χ4n) is 2.43. The van der Waals surface area contributed by atoms with Gasteiger partial charge in [-0.3, -0.25) is 25.2 Å². The molecular weight excluding hydrogens is 396 g/mol. The molecule has 7 nitrogen and oxygen atoms in total. The summed E-state index contributed by atoms with van der Waals surface area (Å²) in [5, 5.41) is 2.56. The molecule has 2 atom stereocenters. The summed E-state index contributed by atoms with van der Waals surface area (Å²) in [7, 11) is 0. The summed E-state index contributed by atoms with van der Waals surface area (Å²) in [4.78, 5) is 36.9. The van der Waals surface area contributed by atoms with Crippen LogP contribution in [-0.2, 0) is 9.59 Å². The van der Waals surface area contributed by atoms with Crippen LogP contribution in [0.5, 0.6) is 5.75 Å². The zero-order chi connectivity index (χ0) is 22.3. The maximum Gasteiger partial charge on any atom is 0.279 e. The van der Waals surface area contributed by atoms with Crippen LogP contribution in [0.3, 0.4) is 0 Å². The first-order valence-corrected chi connectivity index (χ1v) is 9.25. The summed E-state index contributed by atoms with van der Waals surface area (Å²) in [6, 6.07) is 9.07. The molecule has 0 saturated carbocycles. The molecule has 0 saturated heterocycles. The molecule has 0 radical (unpaired) electrons. The highest BCUT2D eigenvalue weighted by atomic mass is 19.1. The zero-order valence-electron chi connectivity index (χ0n) is 16.7. The van der Waals surface area contributed by atoms with E-state index in [9.17, 15) is 23.2 Å². The van der Waals surface area contributed by atoms with Crippen LogP contribution in [0.25, 0.3) is 0 Å². The Morgan fingerprint density at radius 3 is 1.83 bits per heavy atom. The molecule has 2 aromatic rings. The molecule has 2 unspecified atom stereocenters. The average Bonchev–Trinajstić information content (AvgIpc) is 2.71. The van der Waals surface area contributed by atoms with Crippen molar-refractivity contribution in [2.45, 2.75) is 32.9 Å². The van der Waals surface area contributed by atoms with Gasteiger partial charge in [-0.25, -0.2) is 8.78 Å². The minimum Gasteiger partial charge on any atom is -0.481 e. The third-order valence-electron chi connectivity index (χ3n) is 4.15. The second-order valence-corrected chi connectivity index (χ2v) is 6.89. The van der Waals surface area contributed by atoms with E-state index in [4.69, 9.17) is 4.74 Å². The fraction of sp³-hybridized carbons (Fsp3) is 0.286. The second kappa shape index (κ2) is 10.3. The number of hydrazine groups is 1. The largest absolute Gasteiger partial charge is 0.481 e. The molecular formula is C21H23F2N3O4. The van der Waals surface area contributed by atoms with Crippen molar-refractivity contribution >= 4 is 17.7 Å². The highest BCUT2D eigenvalue weighted by molar-refractivity contribution is 5.97. The number of halogens is 2. The summed E-state index contributed by atoms with van der Waals surface area (Å²) in [6.07, 6.45) is -0.970. The first kappa shape index (κ1) is 22.8. The van der Waals surface area contributed by atoms with Crippen molar-refractivity contribution in [1.29, 1.82) is 0 Å². The zero-order valence-corrected chi connectivity index (χ0v) is 16.7. The Hall–Kier alpha value is -3.49. The topological polar surface area (TPSA) is 96.5 Å². The number of nitrogens with one attached hydrogen (secondary N) is 3. The number of amides is 3. The lowest BCUT2D eigenvalue weighted by molar-refractivity contribution is -0.133. The van der Waals surface area contributed by atoms with Crippen molar-refractivity contribution in [1.82, 2.24) is 16.2 Å². The number of carbonyl (C=O) groups excluding carboxylic acids is 3. The van der Waals surface area contributed by atoms with Crippen LogP contribution in [0.1, 0.15) is 31.1 Å². The van der Waals surface area contributed by atoms with E-state index in [-0.39, 0.29) is 17.2 Å². The molecule has 2 aromatic carbocycles. The molecule has 0 aromatic heterocycles. The third-order valence-corrected chi connectivity index (χ3v) is 4.15. The van der Waals surface area contributed by atoms with E-state index in [0.717, 1.165) is 12.1 Å². The highest BCUT2D eigenvalue weighted by Gasteiger charge is 2.26. The Morgan fingerprint density at radius 2 is 1.30 bits per heavy atom. The number of hydrogen-bond donors (Lipinski definition) is 3. The number of benzene rings is 2. The van der Waals surface area contributed by atoms with Gasteiger partial charge < -0.3 is 10.1 Å². The Labute approximate surface area is 172 Å². The van der Waals surface area contributed by atoms with Crippen molar-refractivity contribution in [3.05, 3.63) is 65.7 Å². The Kier molecular flexibility index (Phi) is 7.85. The molecule has 160 valence electrons. The quantitative estimate of drug-likeness (QED) is 0.600. The van der Waals surface area contributed by atoms with Crippen LogP contribution in [0.15, 0.2) is 48.5 Å². The molecule has 0 heterocycles.